The maximum Gasteiger partial charge on any atom is 0.128 e. The first-order valence-electron chi connectivity index (χ1n) is 5.44. The maximum absolute atomic E-state index is 13.7. The third-order valence-electron chi connectivity index (χ3n) is 3.16. The van der Waals surface area contributed by atoms with Gasteiger partial charge in [-0.1, -0.05) is 32.9 Å². The van der Waals surface area contributed by atoms with E-state index in [1.807, 2.05) is 6.07 Å². The lowest BCUT2D eigenvalue weighted by Gasteiger charge is -2.24. The van der Waals surface area contributed by atoms with E-state index in [4.69, 9.17) is 5.73 Å². The second-order valence-corrected chi connectivity index (χ2v) is 4.76. The molecule has 2 heteroatoms. The Morgan fingerprint density at radius 1 is 1.40 bits per heavy atom. The van der Waals surface area contributed by atoms with Crippen LogP contribution >= 0.6 is 0 Å². The Morgan fingerprint density at radius 3 is 2.40 bits per heavy atom. The number of hydrogen-bond donors (Lipinski definition) is 1. The fraction of sp³-hybridized carbons (Fsp3) is 0.538. The van der Waals surface area contributed by atoms with Gasteiger partial charge < -0.3 is 5.73 Å². The largest absolute Gasteiger partial charge is 0.324 e. The summed E-state index contributed by atoms with van der Waals surface area (Å²) in [6.45, 7) is 8.14. The minimum atomic E-state index is -0.246. The molecule has 15 heavy (non-hydrogen) atoms. The summed E-state index contributed by atoms with van der Waals surface area (Å²) in [5.74, 6) is -0.191. The van der Waals surface area contributed by atoms with E-state index in [0.29, 0.717) is 5.56 Å². The Hall–Kier alpha value is -0.890. The zero-order valence-electron chi connectivity index (χ0n) is 9.97. The molecule has 0 heterocycles. The summed E-state index contributed by atoms with van der Waals surface area (Å²) in [6.07, 6.45) is 0.990. The molecule has 0 aliphatic heterocycles. The molecule has 1 nitrogen and oxygen atoms in total. The van der Waals surface area contributed by atoms with Crippen LogP contribution in [0.1, 0.15) is 51.3 Å². The smallest absolute Gasteiger partial charge is 0.128 e. The molecule has 0 fully saturated rings. The van der Waals surface area contributed by atoms with E-state index in [-0.39, 0.29) is 17.3 Å². The van der Waals surface area contributed by atoms with Gasteiger partial charge in [0.1, 0.15) is 5.82 Å². The summed E-state index contributed by atoms with van der Waals surface area (Å²) in [5.41, 5.74) is 7.31. The van der Waals surface area contributed by atoms with E-state index in [0.717, 1.165) is 12.0 Å². The van der Waals surface area contributed by atoms with Crippen LogP contribution in [-0.4, -0.2) is 0 Å². The number of rotatable bonds is 3. The highest BCUT2D eigenvalue weighted by Gasteiger charge is 2.19. The van der Waals surface area contributed by atoms with Gasteiger partial charge in [0.2, 0.25) is 0 Å². The normalized spacial score (nSPS) is 14.0. The van der Waals surface area contributed by atoms with Crippen LogP contribution in [0.4, 0.5) is 4.39 Å². The average molecular weight is 209 g/mol. The van der Waals surface area contributed by atoms with Gasteiger partial charge in [-0.25, -0.2) is 4.39 Å². The quantitative estimate of drug-likeness (QED) is 0.809. The monoisotopic (exact) mass is 209 g/mol. The Morgan fingerprint density at radius 2 is 2.00 bits per heavy atom. The van der Waals surface area contributed by atoms with E-state index in [1.54, 1.807) is 19.1 Å². The highest BCUT2D eigenvalue weighted by Crippen LogP contribution is 2.28. The van der Waals surface area contributed by atoms with Crippen LogP contribution in [-0.2, 0) is 5.41 Å². The highest BCUT2D eigenvalue weighted by atomic mass is 19.1. The molecule has 0 saturated carbocycles. The van der Waals surface area contributed by atoms with Crippen LogP contribution < -0.4 is 5.73 Å². The molecular formula is C13H20FN. The van der Waals surface area contributed by atoms with E-state index in [2.05, 4.69) is 20.8 Å². The molecule has 84 valence electrons. The number of hydrogen-bond acceptors (Lipinski definition) is 1. The predicted molar refractivity (Wildman–Crippen MR) is 62.3 cm³/mol. The number of nitrogens with two attached hydrogens (primary N) is 1. The van der Waals surface area contributed by atoms with Crippen LogP contribution in [0.5, 0.6) is 0 Å². The van der Waals surface area contributed by atoms with Crippen LogP contribution in [0.3, 0.4) is 0 Å². The molecule has 1 aromatic rings. The van der Waals surface area contributed by atoms with Crippen molar-refractivity contribution in [3.05, 3.63) is 35.1 Å². The Bertz CT molecular complexity index is 342. The fourth-order valence-electron chi connectivity index (χ4n) is 1.52. The molecule has 0 aliphatic rings. The SMILES string of the molecule is CCC(C)(C)c1ccc(C(C)N)c(F)c1. The van der Waals surface area contributed by atoms with Gasteiger partial charge in [0.15, 0.2) is 0 Å². The first kappa shape index (κ1) is 12.2. The van der Waals surface area contributed by atoms with Gasteiger partial charge in [0, 0.05) is 11.6 Å². The minimum Gasteiger partial charge on any atom is -0.324 e. The molecule has 0 radical (unpaired) electrons. The van der Waals surface area contributed by atoms with Gasteiger partial charge in [-0.05, 0) is 30.4 Å². The summed E-state index contributed by atoms with van der Waals surface area (Å²) in [7, 11) is 0. The van der Waals surface area contributed by atoms with E-state index in [1.165, 1.54) is 0 Å². The Kier molecular flexibility index (Phi) is 3.50. The fourth-order valence-corrected chi connectivity index (χ4v) is 1.52. The van der Waals surface area contributed by atoms with Crippen molar-refractivity contribution in [2.75, 3.05) is 0 Å². The molecule has 0 saturated heterocycles. The van der Waals surface area contributed by atoms with E-state index >= 15 is 0 Å². The van der Waals surface area contributed by atoms with Crippen molar-refractivity contribution in [1.82, 2.24) is 0 Å². The number of halogens is 1. The second-order valence-electron chi connectivity index (χ2n) is 4.76. The third kappa shape index (κ3) is 2.57. The first-order chi connectivity index (χ1) is 6.88. The zero-order chi connectivity index (χ0) is 11.6. The first-order valence-corrected chi connectivity index (χ1v) is 5.44. The third-order valence-corrected chi connectivity index (χ3v) is 3.16. The molecular weight excluding hydrogens is 189 g/mol. The summed E-state index contributed by atoms with van der Waals surface area (Å²) in [6, 6.07) is 5.14. The zero-order valence-corrected chi connectivity index (χ0v) is 9.97. The lowest BCUT2D eigenvalue weighted by Crippen LogP contribution is -2.17. The van der Waals surface area contributed by atoms with Crippen molar-refractivity contribution in [3.8, 4) is 0 Å². The van der Waals surface area contributed by atoms with Gasteiger partial charge in [-0.2, -0.15) is 0 Å². The van der Waals surface area contributed by atoms with Crippen molar-refractivity contribution in [2.24, 2.45) is 5.73 Å². The van der Waals surface area contributed by atoms with Crippen molar-refractivity contribution >= 4 is 0 Å². The molecule has 1 atom stereocenters. The van der Waals surface area contributed by atoms with E-state index in [9.17, 15) is 4.39 Å². The van der Waals surface area contributed by atoms with Crippen molar-refractivity contribution in [2.45, 2.75) is 45.6 Å². The summed E-state index contributed by atoms with van der Waals surface area (Å²) >= 11 is 0. The number of benzene rings is 1. The van der Waals surface area contributed by atoms with Gasteiger partial charge >= 0.3 is 0 Å². The molecule has 1 rings (SSSR count). The van der Waals surface area contributed by atoms with Gasteiger partial charge in [0.25, 0.3) is 0 Å². The van der Waals surface area contributed by atoms with Crippen molar-refractivity contribution in [3.63, 3.8) is 0 Å². The molecule has 0 spiro atoms. The highest BCUT2D eigenvalue weighted by molar-refractivity contribution is 5.30. The Balaban J connectivity index is 3.12. The van der Waals surface area contributed by atoms with Crippen LogP contribution in [0.2, 0.25) is 0 Å². The van der Waals surface area contributed by atoms with Crippen LogP contribution in [0.25, 0.3) is 0 Å². The molecule has 1 aromatic carbocycles. The van der Waals surface area contributed by atoms with Gasteiger partial charge in [-0.3, -0.25) is 0 Å². The molecule has 0 bridgehead atoms. The van der Waals surface area contributed by atoms with Crippen molar-refractivity contribution < 1.29 is 4.39 Å². The average Bonchev–Trinajstić information content (AvgIpc) is 2.17. The Labute approximate surface area is 91.5 Å². The van der Waals surface area contributed by atoms with Gasteiger partial charge in [0.05, 0.1) is 0 Å². The molecule has 0 amide bonds. The summed E-state index contributed by atoms with van der Waals surface area (Å²) in [5, 5.41) is 0. The molecule has 1 unspecified atom stereocenters. The standard InChI is InChI=1S/C13H20FN/c1-5-13(3,4)10-6-7-11(9(2)15)12(14)8-10/h6-9H,5,15H2,1-4H3. The molecule has 0 aliphatic carbocycles. The van der Waals surface area contributed by atoms with Crippen molar-refractivity contribution in [1.29, 1.82) is 0 Å². The molecule has 2 N–H and O–H groups in total. The summed E-state index contributed by atoms with van der Waals surface area (Å²) < 4.78 is 13.7. The van der Waals surface area contributed by atoms with Crippen LogP contribution in [0, 0.1) is 5.82 Å². The summed E-state index contributed by atoms with van der Waals surface area (Å²) in [4.78, 5) is 0. The molecule has 0 aromatic heterocycles. The minimum absolute atomic E-state index is 0.0250. The maximum atomic E-state index is 13.7. The predicted octanol–water partition coefficient (Wildman–Crippen LogP) is 3.53. The second kappa shape index (κ2) is 4.31. The lowest BCUT2D eigenvalue weighted by atomic mass is 9.81. The van der Waals surface area contributed by atoms with Gasteiger partial charge in [-0.15, -0.1) is 0 Å². The lowest BCUT2D eigenvalue weighted by molar-refractivity contribution is 0.498. The van der Waals surface area contributed by atoms with Crippen LogP contribution in [0.15, 0.2) is 18.2 Å². The van der Waals surface area contributed by atoms with E-state index < -0.39 is 0 Å². The topological polar surface area (TPSA) is 26.0 Å².